The molecule has 0 atom stereocenters. The van der Waals surface area contributed by atoms with E-state index < -0.39 is 0 Å². The molecule has 1 aliphatic rings. The number of hydrogen-bond donors (Lipinski definition) is 1. The Morgan fingerprint density at radius 3 is 2.73 bits per heavy atom. The third-order valence-electron chi connectivity index (χ3n) is 3.66. The van der Waals surface area contributed by atoms with E-state index in [0.29, 0.717) is 37.0 Å². The van der Waals surface area contributed by atoms with E-state index in [1.807, 2.05) is 28.9 Å². The maximum Gasteiger partial charge on any atom is 0.165 e. The van der Waals surface area contributed by atoms with Crippen LogP contribution in [-0.4, -0.2) is 33.6 Å². The number of aryl methyl sites for hydroxylation is 1. The van der Waals surface area contributed by atoms with Gasteiger partial charge in [0.2, 0.25) is 0 Å². The van der Waals surface area contributed by atoms with Crippen molar-refractivity contribution in [1.29, 1.82) is 0 Å². The van der Waals surface area contributed by atoms with Crippen LogP contribution >= 0.6 is 0 Å². The van der Waals surface area contributed by atoms with Gasteiger partial charge in [-0.3, -0.25) is 0 Å². The Bertz CT molecular complexity index is 623. The molecule has 0 unspecified atom stereocenters. The van der Waals surface area contributed by atoms with Gasteiger partial charge in [-0.25, -0.2) is 9.67 Å². The fraction of sp³-hybridized carbons (Fsp3) is 0.500. The van der Waals surface area contributed by atoms with Crippen LogP contribution in [0.25, 0.3) is 0 Å². The molecule has 6 nitrogen and oxygen atoms in total. The summed E-state index contributed by atoms with van der Waals surface area (Å²) in [5.74, 6) is 3.58. The van der Waals surface area contributed by atoms with Gasteiger partial charge in [-0.15, -0.1) is 0 Å². The Hall–Kier alpha value is -2.08. The summed E-state index contributed by atoms with van der Waals surface area (Å²) >= 11 is 0. The van der Waals surface area contributed by atoms with E-state index in [9.17, 15) is 0 Å². The van der Waals surface area contributed by atoms with Crippen LogP contribution in [0.1, 0.15) is 36.8 Å². The summed E-state index contributed by atoms with van der Waals surface area (Å²) in [7, 11) is 1.62. The number of para-hydroxylation sites is 2. The van der Waals surface area contributed by atoms with Gasteiger partial charge in [-0.05, 0) is 31.4 Å². The Morgan fingerprint density at radius 2 is 2.05 bits per heavy atom. The molecule has 1 N–H and O–H groups in total. The van der Waals surface area contributed by atoms with Crippen LogP contribution in [0, 0.1) is 0 Å². The number of ether oxygens (including phenoxy) is 2. The van der Waals surface area contributed by atoms with Crippen LogP contribution in [0.2, 0.25) is 0 Å². The molecule has 0 radical (unpaired) electrons. The molecule has 0 spiro atoms. The number of nitrogens with zero attached hydrogens (tertiary/aromatic N) is 3. The van der Waals surface area contributed by atoms with E-state index in [4.69, 9.17) is 14.6 Å². The van der Waals surface area contributed by atoms with Crippen LogP contribution in [0.15, 0.2) is 24.3 Å². The monoisotopic (exact) mass is 303 g/mol. The van der Waals surface area contributed by atoms with Crippen LogP contribution in [-0.2, 0) is 13.2 Å². The minimum Gasteiger partial charge on any atom is -0.493 e. The Kier molecular flexibility index (Phi) is 4.58. The van der Waals surface area contributed by atoms with E-state index in [-0.39, 0.29) is 6.61 Å². The molecule has 6 heteroatoms. The molecule has 0 amide bonds. The standard InChI is InChI=1S/C16H21N3O3/c1-21-13-5-2-3-6-14(13)22-11-15-17-16(12-7-8-12)18-19(15)9-4-10-20/h2-3,5-6,12,20H,4,7-11H2,1H3. The predicted octanol–water partition coefficient (Wildman–Crippen LogP) is 2.13. The van der Waals surface area contributed by atoms with Crippen LogP contribution in [0.5, 0.6) is 11.5 Å². The van der Waals surface area contributed by atoms with Crippen molar-refractivity contribution in [3.05, 3.63) is 35.9 Å². The highest BCUT2D eigenvalue weighted by Crippen LogP contribution is 2.38. The number of hydrogen-bond acceptors (Lipinski definition) is 5. The normalized spacial score (nSPS) is 14.1. The van der Waals surface area contributed by atoms with E-state index in [1.165, 1.54) is 0 Å². The fourth-order valence-electron chi connectivity index (χ4n) is 2.29. The van der Waals surface area contributed by atoms with E-state index in [1.54, 1.807) is 7.11 Å². The zero-order valence-electron chi connectivity index (χ0n) is 12.7. The van der Waals surface area contributed by atoms with Crippen molar-refractivity contribution >= 4 is 0 Å². The van der Waals surface area contributed by atoms with Gasteiger partial charge in [0.05, 0.1) is 7.11 Å². The Labute approximate surface area is 129 Å². The summed E-state index contributed by atoms with van der Waals surface area (Å²) in [6.45, 7) is 1.14. The third-order valence-corrected chi connectivity index (χ3v) is 3.66. The van der Waals surface area contributed by atoms with Gasteiger partial charge >= 0.3 is 0 Å². The average Bonchev–Trinajstić information content (AvgIpc) is 3.32. The van der Waals surface area contributed by atoms with Gasteiger partial charge < -0.3 is 14.6 Å². The molecule has 1 fully saturated rings. The highest BCUT2D eigenvalue weighted by molar-refractivity contribution is 5.39. The van der Waals surface area contributed by atoms with Crippen LogP contribution in [0.3, 0.4) is 0 Å². The van der Waals surface area contributed by atoms with E-state index in [0.717, 1.165) is 24.5 Å². The van der Waals surface area contributed by atoms with Gasteiger partial charge in [0.1, 0.15) is 6.61 Å². The van der Waals surface area contributed by atoms with Crippen LogP contribution in [0.4, 0.5) is 0 Å². The lowest BCUT2D eigenvalue weighted by Crippen LogP contribution is -2.10. The van der Waals surface area contributed by atoms with Crippen LogP contribution < -0.4 is 9.47 Å². The highest BCUT2D eigenvalue weighted by Gasteiger charge is 2.29. The molecular weight excluding hydrogens is 282 g/mol. The quantitative estimate of drug-likeness (QED) is 0.809. The summed E-state index contributed by atoms with van der Waals surface area (Å²) in [4.78, 5) is 4.60. The summed E-state index contributed by atoms with van der Waals surface area (Å²) in [6, 6.07) is 7.54. The van der Waals surface area contributed by atoms with Gasteiger partial charge in [0, 0.05) is 19.1 Å². The number of aliphatic hydroxyl groups is 1. The fourth-order valence-corrected chi connectivity index (χ4v) is 2.29. The molecule has 1 saturated carbocycles. The molecule has 1 aromatic carbocycles. The number of benzene rings is 1. The lowest BCUT2D eigenvalue weighted by molar-refractivity contribution is 0.257. The molecule has 0 aliphatic heterocycles. The van der Waals surface area contributed by atoms with E-state index >= 15 is 0 Å². The van der Waals surface area contributed by atoms with E-state index in [2.05, 4.69) is 10.1 Å². The maximum absolute atomic E-state index is 9.01. The van der Waals surface area contributed by atoms with Gasteiger partial charge in [0.25, 0.3) is 0 Å². The highest BCUT2D eigenvalue weighted by atomic mass is 16.5. The third kappa shape index (κ3) is 3.39. The van der Waals surface area contributed by atoms with Crippen molar-refractivity contribution in [1.82, 2.24) is 14.8 Å². The van der Waals surface area contributed by atoms with Gasteiger partial charge in [0.15, 0.2) is 23.1 Å². The molecule has 1 aromatic heterocycles. The Morgan fingerprint density at radius 1 is 1.27 bits per heavy atom. The smallest absolute Gasteiger partial charge is 0.165 e. The molecule has 0 saturated heterocycles. The lowest BCUT2D eigenvalue weighted by Gasteiger charge is -2.10. The maximum atomic E-state index is 9.01. The number of aromatic nitrogens is 3. The second-order valence-corrected chi connectivity index (χ2v) is 5.40. The first-order valence-electron chi connectivity index (χ1n) is 7.62. The van der Waals surface area contributed by atoms with Crippen molar-refractivity contribution in [2.75, 3.05) is 13.7 Å². The Balaban J connectivity index is 1.72. The topological polar surface area (TPSA) is 69.4 Å². The second kappa shape index (κ2) is 6.79. The summed E-state index contributed by atoms with van der Waals surface area (Å²) in [5, 5.41) is 13.6. The molecule has 3 rings (SSSR count). The molecule has 1 heterocycles. The number of aliphatic hydroxyl groups excluding tert-OH is 1. The second-order valence-electron chi connectivity index (χ2n) is 5.40. The summed E-state index contributed by atoms with van der Waals surface area (Å²) in [6.07, 6.45) is 2.99. The van der Waals surface area contributed by atoms with Gasteiger partial charge in [-0.2, -0.15) is 5.10 Å². The molecule has 22 heavy (non-hydrogen) atoms. The largest absolute Gasteiger partial charge is 0.493 e. The average molecular weight is 303 g/mol. The zero-order valence-corrected chi connectivity index (χ0v) is 12.7. The minimum absolute atomic E-state index is 0.144. The summed E-state index contributed by atoms with van der Waals surface area (Å²) < 4.78 is 13.0. The lowest BCUT2D eigenvalue weighted by atomic mass is 10.3. The molecule has 118 valence electrons. The predicted molar refractivity (Wildman–Crippen MR) is 81.0 cm³/mol. The molecule has 0 bridgehead atoms. The first kappa shape index (κ1) is 14.8. The van der Waals surface area contributed by atoms with Crippen molar-refractivity contribution in [3.63, 3.8) is 0 Å². The molecule has 1 aliphatic carbocycles. The van der Waals surface area contributed by atoms with Crippen molar-refractivity contribution in [2.24, 2.45) is 0 Å². The molecular formula is C16H21N3O3. The van der Waals surface area contributed by atoms with Crippen molar-refractivity contribution in [2.45, 2.75) is 38.3 Å². The number of rotatable bonds is 8. The van der Waals surface area contributed by atoms with Gasteiger partial charge in [-0.1, -0.05) is 12.1 Å². The SMILES string of the molecule is COc1ccccc1OCc1nc(C2CC2)nn1CCCO. The minimum atomic E-state index is 0.144. The zero-order chi connectivity index (χ0) is 15.4. The van der Waals surface area contributed by atoms with Crippen molar-refractivity contribution in [3.8, 4) is 11.5 Å². The molecule has 2 aromatic rings. The van der Waals surface area contributed by atoms with Crippen molar-refractivity contribution < 1.29 is 14.6 Å². The number of methoxy groups -OCH3 is 1. The first-order valence-corrected chi connectivity index (χ1v) is 7.62. The first-order chi connectivity index (χ1) is 10.8. The summed E-state index contributed by atoms with van der Waals surface area (Å²) in [5.41, 5.74) is 0.